The van der Waals surface area contributed by atoms with E-state index in [1.165, 1.54) is 28.9 Å². The van der Waals surface area contributed by atoms with Crippen molar-refractivity contribution in [1.82, 2.24) is 24.6 Å². The lowest BCUT2D eigenvalue weighted by Gasteiger charge is -2.23. The highest BCUT2D eigenvalue weighted by Gasteiger charge is 2.40. The van der Waals surface area contributed by atoms with Crippen molar-refractivity contribution in [2.24, 2.45) is 0 Å². The zero-order valence-electron chi connectivity index (χ0n) is 16.5. The zero-order chi connectivity index (χ0) is 22.1. The maximum absolute atomic E-state index is 14.2. The third-order valence-electron chi connectivity index (χ3n) is 5.01. The van der Waals surface area contributed by atoms with Crippen LogP contribution >= 0.6 is 15.9 Å². The SMILES string of the molecule is CC(=O)c1nn(CC(=O)N2C[C@H](F)C[C@H]2C(=O)Nc2cccc(Br)n2)c2cnccc12. The van der Waals surface area contributed by atoms with E-state index in [0.29, 0.717) is 21.3 Å². The summed E-state index contributed by atoms with van der Waals surface area (Å²) in [5.74, 6) is -0.947. The lowest BCUT2D eigenvalue weighted by atomic mass is 10.2. The predicted molar refractivity (Wildman–Crippen MR) is 113 cm³/mol. The molecule has 0 aliphatic carbocycles. The number of aromatic nitrogens is 4. The molecule has 9 nitrogen and oxygen atoms in total. The number of hydrogen-bond acceptors (Lipinski definition) is 6. The molecule has 0 unspecified atom stereocenters. The Morgan fingerprint density at radius 3 is 2.84 bits per heavy atom. The van der Waals surface area contributed by atoms with Gasteiger partial charge in [-0.3, -0.25) is 24.0 Å². The topological polar surface area (TPSA) is 110 Å². The molecule has 2 amide bonds. The number of Topliss-reactive ketones (excluding diaryl/α,β-unsaturated/α-hetero) is 1. The van der Waals surface area contributed by atoms with E-state index in [1.807, 2.05) is 0 Å². The summed E-state index contributed by atoms with van der Waals surface area (Å²) in [7, 11) is 0. The molecule has 31 heavy (non-hydrogen) atoms. The van der Waals surface area contributed by atoms with Gasteiger partial charge in [0.2, 0.25) is 11.8 Å². The molecule has 1 fully saturated rings. The van der Waals surface area contributed by atoms with E-state index < -0.39 is 24.0 Å². The Bertz CT molecular complexity index is 1180. The molecule has 4 heterocycles. The number of anilines is 1. The number of alkyl halides is 1. The van der Waals surface area contributed by atoms with Crippen molar-refractivity contribution >= 4 is 50.2 Å². The highest BCUT2D eigenvalue weighted by Crippen LogP contribution is 2.24. The van der Waals surface area contributed by atoms with Crippen LogP contribution in [0.4, 0.5) is 10.2 Å². The van der Waals surface area contributed by atoms with Crippen molar-refractivity contribution in [2.75, 3.05) is 11.9 Å². The average Bonchev–Trinajstić information content (AvgIpc) is 3.29. The predicted octanol–water partition coefficient (Wildman–Crippen LogP) is 2.37. The molecule has 3 aromatic rings. The Kier molecular flexibility index (Phi) is 5.77. The number of likely N-dealkylation sites (tertiary alicyclic amines) is 1. The molecule has 0 saturated carbocycles. The Balaban J connectivity index is 1.55. The van der Waals surface area contributed by atoms with Gasteiger partial charge in [0.25, 0.3) is 0 Å². The standard InChI is InChI=1S/C20H18BrFN6O3/c1-11(29)19-13-5-6-23-8-15(13)28(26-19)10-18(30)27-9-12(22)7-14(27)20(31)25-17-4-2-3-16(21)24-17/h2-6,8,12,14H,7,9-10H2,1H3,(H,24,25,31)/t12-,14+/m1/s1. The van der Waals surface area contributed by atoms with Crippen LogP contribution < -0.4 is 5.32 Å². The first-order chi connectivity index (χ1) is 14.8. The molecule has 1 aliphatic rings. The molecule has 1 saturated heterocycles. The second kappa shape index (κ2) is 8.50. The molecule has 4 rings (SSSR count). The maximum Gasteiger partial charge on any atom is 0.248 e. The van der Waals surface area contributed by atoms with Crippen LogP contribution in [0.2, 0.25) is 0 Å². The van der Waals surface area contributed by atoms with Crippen molar-refractivity contribution in [3.8, 4) is 0 Å². The molecule has 2 atom stereocenters. The van der Waals surface area contributed by atoms with Crippen molar-refractivity contribution < 1.29 is 18.8 Å². The smallest absolute Gasteiger partial charge is 0.248 e. The molecular weight excluding hydrogens is 471 g/mol. The summed E-state index contributed by atoms with van der Waals surface area (Å²) >= 11 is 3.22. The van der Waals surface area contributed by atoms with Crippen LogP contribution in [0.1, 0.15) is 23.8 Å². The Labute approximate surface area is 184 Å². The van der Waals surface area contributed by atoms with E-state index in [9.17, 15) is 18.8 Å². The van der Waals surface area contributed by atoms with Crippen molar-refractivity contribution in [3.05, 3.63) is 47.0 Å². The summed E-state index contributed by atoms with van der Waals surface area (Å²) in [6.07, 6.45) is 1.62. The third kappa shape index (κ3) is 4.31. The van der Waals surface area contributed by atoms with E-state index in [2.05, 4.69) is 36.3 Å². The van der Waals surface area contributed by atoms with Crippen LogP contribution in [0.15, 0.2) is 41.3 Å². The molecule has 160 valence electrons. The summed E-state index contributed by atoms with van der Waals surface area (Å²) in [6.45, 7) is 0.944. The van der Waals surface area contributed by atoms with Crippen LogP contribution in [-0.2, 0) is 16.1 Å². The van der Waals surface area contributed by atoms with Crippen molar-refractivity contribution in [3.63, 3.8) is 0 Å². The van der Waals surface area contributed by atoms with Gasteiger partial charge in [-0.15, -0.1) is 0 Å². The highest BCUT2D eigenvalue weighted by molar-refractivity contribution is 9.10. The monoisotopic (exact) mass is 488 g/mol. The number of amides is 2. The zero-order valence-corrected chi connectivity index (χ0v) is 18.0. The quantitative estimate of drug-likeness (QED) is 0.436. The molecule has 0 aromatic carbocycles. The Hall–Kier alpha value is -3.21. The minimum atomic E-state index is -1.32. The number of hydrogen-bond donors (Lipinski definition) is 1. The molecular formula is C20H18BrFN6O3. The number of pyridine rings is 2. The molecule has 0 radical (unpaired) electrons. The van der Waals surface area contributed by atoms with Crippen LogP contribution in [-0.4, -0.2) is 61.0 Å². The van der Waals surface area contributed by atoms with Gasteiger partial charge in [-0.2, -0.15) is 5.10 Å². The van der Waals surface area contributed by atoms with Crippen LogP contribution in [0.3, 0.4) is 0 Å². The number of rotatable bonds is 5. The van der Waals surface area contributed by atoms with E-state index in [1.54, 1.807) is 24.3 Å². The Morgan fingerprint density at radius 2 is 2.10 bits per heavy atom. The number of carbonyl (C=O) groups excluding carboxylic acids is 3. The normalized spacial score (nSPS) is 18.4. The van der Waals surface area contributed by atoms with Gasteiger partial charge in [0.05, 0.1) is 18.3 Å². The second-order valence-electron chi connectivity index (χ2n) is 7.18. The Morgan fingerprint density at radius 1 is 1.29 bits per heavy atom. The fourth-order valence-corrected chi connectivity index (χ4v) is 3.96. The highest BCUT2D eigenvalue weighted by atomic mass is 79.9. The molecule has 3 aromatic heterocycles. The van der Waals surface area contributed by atoms with Gasteiger partial charge in [-0.25, -0.2) is 9.37 Å². The number of carbonyl (C=O) groups is 3. The number of halogens is 2. The fraction of sp³-hybridized carbons (Fsp3) is 0.300. The first kappa shape index (κ1) is 21.0. The average molecular weight is 489 g/mol. The second-order valence-corrected chi connectivity index (χ2v) is 8.00. The van der Waals surface area contributed by atoms with Crippen LogP contribution in [0.5, 0.6) is 0 Å². The van der Waals surface area contributed by atoms with Crippen molar-refractivity contribution in [2.45, 2.75) is 32.1 Å². The lowest BCUT2D eigenvalue weighted by Crippen LogP contribution is -2.44. The van der Waals surface area contributed by atoms with Gasteiger partial charge in [-0.05, 0) is 34.1 Å². The summed E-state index contributed by atoms with van der Waals surface area (Å²) in [5.41, 5.74) is 0.737. The van der Waals surface area contributed by atoms with Gasteiger partial charge < -0.3 is 10.2 Å². The molecule has 1 N–H and O–H groups in total. The van der Waals surface area contributed by atoms with E-state index >= 15 is 0 Å². The first-order valence-electron chi connectivity index (χ1n) is 9.52. The van der Waals surface area contributed by atoms with E-state index in [4.69, 9.17) is 0 Å². The largest absolute Gasteiger partial charge is 0.326 e. The van der Waals surface area contributed by atoms with Gasteiger partial charge in [0, 0.05) is 24.9 Å². The molecule has 1 aliphatic heterocycles. The van der Waals surface area contributed by atoms with Crippen LogP contribution in [0.25, 0.3) is 10.9 Å². The van der Waals surface area contributed by atoms with Gasteiger partial charge in [0.1, 0.15) is 34.9 Å². The summed E-state index contributed by atoms with van der Waals surface area (Å²) < 4.78 is 16.1. The third-order valence-corrected chi connectivity index (χ3v) is 5.45. The summed E-state index contributed by atoms with van der Waals surface area (Å²) in [4.78, 5) is 47.0. The van der Waals surface area contributed by atoms with Gasteiger partial charge in [-0.1, -0.05) is 6.07 Å². The minimum absolute atomic E-state index is 0.105. The number of ketones is 1. The fourth-order valence-electron chi connectivity index (χ4n) is 3.62. The maximum atomic E-state index is 14.2. The molecule has 0 spiro atoms. The van der Waals surface area contributed by atoms with E-state index in [0.717, 1.165) is 0 Å². The number of fused-ring (bicyclic) bond motifs is 1. The molecule has 11 heteroatoms. The summed E-state index contributed by atoms with van der Waals surface area (Å²) in [6, 6.07) is 5.68. The number of nitrogens with zero attached hydrogens (tertiary/aromatic N) is 5. The van der Waals surface area contributed by atoms with Gasteiger partial charge >= 0.3 is 0 Å². The van der Waals surface area contributed by atoms with Gasteiger partial charge in [0.15, 0.2) is 5.78 Å². The summed E-state index contributed by atoms with van der Waals surface area (Å²) in [5, 5.41) is 7.44. The van der Waals surface area contributed by atoms with E-state index in [-0.39, 0.29) is 31.0 Å². The first-order valence-corrected chi connectivity index (χ1v) is 10.3. The lowest BCUT2D eigenvalue weighted by molar-refractivity contribution is -0.137. The van der Waals surface area contributed by atoms with Crippen LogP contribution in [0, 0.1) is 0 Å². The molecule has 0 bridgehead atoms. The van der Waals surface area contributed by atoms with Crippen molar-refractivity contribution in [1.29, 1.82) is 0 Å². The number of nitrogens with one attached hydrogen (secondary N) is 1. The minimum Gasteiger partial charge on any atom is -0.326 e.